The number of likely N-dealkylation sites (N-methyl/N-ethyl adjacent to an activating group) is 1. The quantitative estimate of drug-likeness (QED) is 0.541. The minimum Gasteiger partial charge on any atom is -0.445 e. The van der Waals surface area contributed by atoms with Crippen molar-refractivity contribution in [2.24, 2.45) is 0 Å². The number of fused-ring (bicyclic) bond motifs is 1. The number of nitrogens with zero attached hydrogens (tertiary/aromatic N) is 2. The van der Waals surface area contributed by atoms with Gasteiger partial charge in [-0.3, -0.25) is 0 Å². The summed E-state index contributed by atoms with van der Waals surface area (Å²) in [5.41, 5.74) is 1.16. The second-order valence-electron chi connectivity index (χ2n) is 4.17. The van der Waals surface area contributed by atoms with E-state index < -0.39 is 0 Å². The van der Waals surface area contributed by atoms with Crippen LogP contribution in [0.1, 0.15) is 17.3 Å². The van der Waals surface area contributed by atoms with Crippen LogP contribution in [0.15, 0.2) is 4.42 Å². The van der Waals surface area contributed by atoms with Crippen LogP contribution in [0, 0.1) is 6.92 Å². The Hall–Kier alpha value is -0.830. The van der Waals surface area contributed by atoms with Gasteiger partial charge in [-0.05, 0) is 0 Å². The van der Waals surface area contributed by atoms with E-state index in [0.29, 0.717) is 0 Å². The molecule has 0 saturated heterocycles. The van der Waals surface area contributed by atoms with Crippen molar-refractivity contribution in [1.82, 2.24) is 4.98 Å². The SMILES string of the molecule is Cc1nc2c(o1)CC[N+](C)(C)C2. The molecule has 1 aliphatic rings. The van der Waals surface area contributed by atoms with Crippen molar-refractivity contribution in [3.8, 4) is 0 Å². The fraction of sp³-hybridized carbons (Fsp3) is 0.667. The first kappa shape index (κ1) is 7.80. The van der Waals surface area contributed by atoms with E-state index in [1.807, 2.05) is 6.92 Å². The predicted molar refractivity (Wildman–Crippen MR) is 45.6 cm³/mol. The predicted octanol–water partition coefficient (Wildman–Crippen LogP) is 1.12. The summed E-state index contributed by atoms with van der Waals surface area (Å²) in [4.78, 5) is 4.36. The van der Waals surface area contributed by atoms with Crippen molar-refractivity contribution in [2.75, 3.05) is 20.6 Å². The molecule has 1 aromatic rings. The topological polar surface area (TPSA) is 26.0 Å². The number of rotatable bonds is 0. The monoisotopic (exact) mass is 167 g/mol. The van der Waals surface area contributed by atoms with Crippen LogP contribution in [-0.2, 0) is 13.0 Å². The molecule has 0 fully saturated rings. The maximum absolute atomic E-state index is 5.48. The van der Waals surface area contributed by atoms with Crippen LogP contribution in [0.3, 0.4) is 0 Å². The third-order valence-corrected chi connectivity index (χ3v) is 2.41. The lowest BCUT2D eigenvalue weighted by Gasteiger charge is -2.31. The molecule has 2 heterocycles. The van der Waals surface area contributed by atoms with Gasteiger partial charge in [-0.2, -0.15) is 0 Å². The van der Waals surface area contributed by atoms with E-state index in [1.54, 1.807) is 0 Å². The average molecular weight is 167 g/mol. The molecule has 0 aromatic carbocycles. The van der Waals surface area contributed by atoms with Crippen molar-refractivity contribution in [3.05, 3.63) is 17.3 Å². The Morgan fingerprint density at radius 2 is 2.17 bits per heavy atom. The fourth-order valence-electron chi connectivity index (χ4n) is 1.72. The lowest BCUT2D eigenvalue weighted by Crippen LogP contribution is -2.43. The molecule has 0 radical (unpaired) electrons. The van der Waals surface area contributed by atoms with Crippen LogP contribution < -0.4 is 0 Å². The van der Waals surface area contributed by atoms with Crippen molar-refractivity contribution in [3.63, 3.8) is 0 Å². The molecule has 0 unspecified atom stereocenters. The number of hydrogen-bond donors (Lipinski definition) is 0. The lowest BCUT2D eigenvalue weighted by atomic mass is 10.1. The summed E-state index contributed by atoms with van der Waals surface area (Å²) >= 11 is 0. The highest BCUT2D eigenvalue weighted by Gasteiger charge is 2.27. The highest BCUT2D eigenvalue weighted by Crippen LogP contribution is 2.21. The molecular formula is C9H15N2O+. The summed E-state index contributed by atoms with van der Waals surface area (Å²) in [5, 5.41) is 0. The zero-order chi connectivity index (χ0) is 8.77. The molecule has 12 heavy (non-hydrogen) atoms. The first-order valence-electron chi connectivity index (χ1n) is 4.34. The maximum Gasteiger partial charge on any atom is 0.191 e. The lowest BCUT2D eigenvalue weighted by molar-refractivity contribution is -0.906. The minimum absolute atomic E-state index is 0.807. The number of aromatic nitrogens is 1. The second kappa shape index (κ2) is 2.33. The van der Waals surface area contributed by atoms with Gasteiger partial charge in [0, 0.05) is 6.92 Å². The number of oxazole rings is 1. The summed E-state index contributed by atoms with van der Waals surface area (Å²) in [5.74, 6) is 1.91. The Balaban J connectivity index is 2.34. The molecule has 0 bridgehead atoms. The molecule has 3 nitrogen and oxygen atoms in total. The smallest absolute Gasteiger partial charge is 0.191 e. The maximum atomic E-state index is 5.48. The summed E-state index contributed by atoms with van der Waals surface area (Å²) in [6, 6.07) is 0. The molecule has 0 spiro atoms. The van der Waals surface area contributed by atoms with Crippen molar-refractivity contribution >= 4 is 0 Å². The molecule has 3 heteroatoms. The van der Waals surface area contributed by atoms with Gasteiger partial charge in [-0.25, -0.2) is 4.98 Å². The molecular weight excluding hydrogens is 152 g/mol. The molecule has 0 amide bonds. The van der Waals surface area contributed by atoms with Crippen LogP contribution in [-0.4, -0.2) is 30.1 Å². The zero-order valence-electron chi connectivity index (χ0n) is 7.92. The molecule has 1 aliphatic heterocycles. The van der Waals surface area contributed by atoms with E-state index in [0.717, 1.165) is 41.3 Å². The summed E-state index contributed by atoms with van der Waals surface area (Å²) in [7, 11) is 4.46. The van der Waals surface area contributed by atoms with Crippen LogP contribution in [0.5, 0.6) is 0 Å². The third-order valence-electron chi connectivity index (χ3n) is 2.41. The zero-order valence-corrected chi connectivity index (χ0v) is 7.92. The first-order chi connectivity index (χ1) is 5.57. The Labute approximate surface area is 72.6 Å². The highest BCUT2D eigenvalue weighted by molar-refractivity contribution is 5.10. The largest absolute Gasteiger partial charge is 0.445 e. The van der Waals surface area contributed by atoms with E-state index in [2.05, 4.69) is 19.1 Å². The Morgan fingerprint density at radius 3 is 2.92 bits per heavy atom. The molecule has 0 aliphatic carbocycles. The van der Waals surface area contributed by atoms with Crippen molar-refractivity contribution < 1.29 is 8.90 Å². The van der Waals surface area contributed by atoms with E-state index in [4.69, 9.17) is 4.42 Å². The van der Waals surface area contributed by atoms with Crippen LogP contribution in [0.25, 0.3) is 0 Å². The molecule has 66 valence electrons. The third kappa shape index (κ3) is 1.25. The van der Waals surface area contributed by atoms with Gasteiger partial charge >= 0.3 is 0 Å². The molecule has 1 aromatic heterocycles. The van der Waals surface area contributed by atoms with Gasteiger partial charge in [0.05, 0.1) is 27.1 Å². The van der Waals surface area contributed by atoms with E-state index in [9.17, 15) is 0 Å². The Kier molecular flexibility index (Phi) is 1.51. The van der Waals surface area contributed by atoms with E-state index >= 15 is 0 Å². The van der Waals surface area contributed by atoms with E-state index in [-0.39, 0.29) is 0 Å². The summed E-state index contributed by atoms with van der Waals surface area (Å²) in [6.07, 6.45) is 1.03. The normalized spacial score (nSPS) is 20.6. The van der Waals surface area contributed by atoms with Gasteiger partial charge in [0.2, 0.25) is 0 Å². The van der Waals surface area contributed by atoms with Crippen LogP contribution in [0.4, 0.5) is 0 Å². The molecule has 0 atom stereocenters. The molecule has 0 N–H and O–H groups in total. The van der Waals surface area contributed by atoms with Gasteiger partial charge in [0.15, 0.2) is 5.89 Å². The Bertz CT molecular complexity index is 301. The standard InChI is InChI=1S/C9H15N2O/c1-7-10-8-6-11(2,3)5-4-9(8)12-7/h4-6H2,1-3H3/q+1. The van der Waals surface area contributed by atoms with Crippen LogP contribution in [0.2, 0.25) is 0 Å². The summed E-state index contributed by atoms with van der Waals surface area (Å²) in [6.45, 7) is 4.08. The van der Waals surface area contributed by atoms with Gasteiger partial charge in [-0.15, -0.1) is 0 Å². The number of hydrogen-bond acceptors (Lipinski definition) is 2. The second-order valence-corrected chi connectivity index (χ2v) is 4.17. The van der Waals surface area contributed by atoms with Crippen LogP contribution >= 0.6 is 0 Å². The number of quaternary nitrogens is 1. The number of aryl methyl sites for hydroxylation is 1. The molecule has 0 saturated carbocycles. The van der Waals surface area contributed by atoms with Gasteiger partial charge in [0.1, 0.15) is 18.0 Å². The first-order valence-corrected chi connectivity index (χ1v) is 4.34. The summed E-state index contributed by atoms with van der Waals surface area (Å²) < 4.78 is 6.50. The highest BCUT2D eigenvalue weighted by atomic mass is 16.4. The molecule has 2 rings (SSSR count). The van der Waals surface area contributed by atoms with E-state index in [1.165, 1.54) is 0 Å². The average Bonchev–Trinajstić information content (AvgIpc) is 2.26. The fourth-order valence-corrected chi connectivity index (χ4v) is 1.72. The van der Waals surface area contributed by atoms with Crippen molar-refractivity contribution in [2.45, 2.75) is 19.9 Å². The van der Waals surface area contributed by atoms with Crippen molar-refractivity contribution in [1.29, 1.82) is 0 Å². The van der Waals surface area contributed by atoms with Gasteiger partial charge < -0.3 is 8.90 Å². The minimum atomic E-state index is 0.807. The van der Waals surface area contributed by atoms with Gasteiger partial charge in [0.25, 0.3) is 0 Å². The Morgan fingerprint density at radius 1 is 1.42 bits per heavy atom. The van der Waals surface area contributed by atoms with Gasteiger partial charge in [-0.1, -0.05) is 0 Å².